The second kappa shape index (κ2) is 8.51. The summed E-state index contributed by atoms with van der Waals surface area (Å²) in [6.45, 7) is 1.88. The van der Waals surface area contributed by atoms with Crippen LogP contribution in [0.2, 0.25) is 0 Å². The van der Waals surface area contributed by atoms with Gasteiger partial charge < -0.3 is 20.4 Å². The van der Waals surface area contributed by atoms with Gasteiger partial charge in [0.05, 0.1) is 23.3 Å². The molecule has 1 aromatic heterocycles. The number of para-hydroxylation sites is 2. The fourth-order valence-electron chi connectivity index (χ4n) is 3.77. The summed E-state index contributed by atoms with van der Waals surface area (Å²) in [5.41, 5.74) is 7.95. The molecule has 0 saturated carbocycles. The molecule has 152 valence electrons. The lowest BCUT2D eigenvalue weighted by atomic mass is 9.96. The maximum atomic E-state index is 13.4. The molecule has 7 heteroatoms. The molecule has 1 fully saturated rings. The van der Waals surface area contributed by atoms with Crippen molar-refractivity contribution < 1.29 is 13.9 Å². The molecule has 2 heterocycles. The summed E-state index contributed by atoms with van der Waals surface area (Å²) in [6, 6.07) is 11.9. The Kier molecular flexibility index (Phi) is 5.64. The van der Waals surface area contributed by atoms with Gasteiger partial charge in [-0.25, -0.2) is 9.37 Å². The van der Waals surface area contributed by atoms with Gasteiger partial charge in [0.25, 0.3) is 0 Å². The van der Waals surface area contributed by atoms with Crippen molar-refractivity contribution in [3.63, 3.8) is 0 Å². The zero-order chi connectivity index (χ0) is 20.2. The van der Waals surface area contributed by atoms with Gasteiger partial charge in [0.1, 0.15) is 17.4 Å². The minimum atomic E-state index is -0.271. The molecule has 3 aromatic rings. The number of amides is 1. The first-order chi connectivity index (χ1) is 14.1. The fraction of sp³-hybridized carbons (Fsp3) is 0.364. The van der Waals surface area contributed by atoms with E-state index < -0.39 is 0 Å². The number of anilines is 1. The van der Waals surface area contributed by atoms with E-state index in [4.69, 9.17) is 10.5 Å². The smallest absolute Gasteiger partial charge is 0.222 e. The number of imidazole rings is 1. The summed E-state index contributed by atoms with van der Waals surface area (Å²) in [5, 5.41) is 0. The van der Waals surface area contributed by atoms with E-state index in [9.17, 15) is 9.18 Å². The molecule has 1 saturated heterocycles. The minimum absolute atomic E-state index is 0.153. The number of halogens is 1. The summed E-state index contributed by atoms with van der Waals surface area (Å²) >= 11 is 0. The Bertz CT molecular complexity index is 995. The topological polar surface area (TPSA) is 84.2 Å². The summed E-state index contributed by atoms with van der Waals surface area (Å²) in [7, 11) is 0. The first kappa shape index (κ1) is 19.2. The molecular formula is C22H25FN4O2. The molecule has 3 N–H and O–H groups in total. The third-order valence-electron chi connectivity index (χ3n) is 5.41. The monoisotopic (exact) mass is 396 g/mol. The number of nitrogens with two attached hydrogens (primary N) is 1. The van der Waals surface area contributed by atoms with Crippen molar-refractivity contribution in [3.05, 3.63) is 54.1 Å². The Hall–Kier alpha value is -3.09. The molecule has 2 aromatic carbocycles. The average Bonchev–Trinajstić information content (AvgIpc) is 3.15. The lowest BCUT2D eigenvalue weighted by molar-refractivity contribution is -0.132. The molecule has 1 aliphatic heterocycles. The van der Waals surface area contributed by atoms with Crippen molar-refractivity contribution in [3.8, 4) is 5.75 Å². The van der Waals surface area contributed by atoms with Crippen LogP contribution >= 0.6 is 0 Å². The number of fused-ring (bicyclic) bond motifs is 1. The van der Waals surface area contributed by atoms with Crippen LogP contribution in [0.15, 0.2) is 42.5 Å². The predicted molar refractivity (Wildman–Crippen MR) is 110 cm³/mol. The number of carbonyl (C=O) groups is 1. The molecular weight excluding hydrogens is 371 g/mol. The van der Waals surface area contributed by atoms with Crippen molar-refractivity contribution in [2.75, 3.05) is 25.4 Å². The van der Waals surface area contributed by atoms with E-state index >= 15 is 0 Å². The van der Waals surface area contributed by atoms with Crippen LogP contribution in [0.1, 0.15) is 37.4 Å². The molecule has 6 nitrogen and oxygen atoms in total. The Morgan fingerprint density at radius 2 is 2.03 bits per heavy atom. The Balaban J connectivity index is 1.23. The highest BCUT2D eigenvalue weighted by Gasteiger charge is 2.25. The number of piperidine rings is 1. The fourth-order valence-corrected chi connectivity index (χ4v) is 3.77. The van der Waals surface area contributed by atoms with Crippen molar-refractivity contribution in [1.29, 1.82) is 0 Å². The normalized spacial score (nSPS) is 15.0. The van der Waals surface area contributed by atoms with Crippen LogP contribution < -0.4 is 10.5 Å². The number of H-pyrrole nitrogens is 1. The Morgan fingerprint density at radius 1 is 1.24 bits per heavy atom. The lowest BCUT2D eigenvalue weighted by Crippen LogP contribution is -2.38. The summed E-state index contributed by atoms with van der Waals surface area (Å²) in [4.78, 5) is 22.2. The van der Waals surface area contributed by atoms with Crippen LogP contribution in [0, 0.1) is 5.82 Å². The van der Waals surface area contributed by atoms with Gasteiger partial charge in [0.15, 0.2) is 0 Å². The average molecular weight is 396 g/mol. The number of benzene rings is 2. The number of hydrogen-bond donors (Lipinski definition) is 2. The maximum Gasteiger partial charge on any atom is 0.222 e. The third-order valence-corrected chi connectivity index (χ3v) is 5.41. The molecule has 1 aliphatic rings. The van der Waals surface area contributed by atoms with E-state index in [1.165, 1.54) is 12.1 Å². The first-order valence-electron chi connectivity index (χ1n) is 10.0. The Labute approximate surface area is 168 Å². The first-order valence-corrected chi connectivity index (χ1v) is 10.0. The van der Waals surface area contributed by atoms with E-state index in [1.807, 2.05) is 23.1 Å². The molecule has 0 atom stereocenters. The Morgan fingerprint density at radius 3 is 2.83 bits per heavy atom. The third kappa shape index (κ3) is 4.50. The highest BCUT2D eigenvalue weighted by molar-refractivity contribution is 5.76. The van der Waals surface area contributed by atoms with E-state index in [0.29, 0.717) is 44.0 Å². The molecule has 0 radical (unpaired) electrons. The van der Waals surface area contributed by atoms with Gasteiger partial charge in [-0.15, -0.1) is 0 Å². The van der Waals surface area contributed by atoms with E-state index in [2.05, 4.69) is 9.97 Å². The highest BCUT2D eigenvalue weighted by atomic mass is 19.1. The number of aromatic nitrogens is 2. The largest absolute Gasteiger partial charge is 0.491 e. The zero-order valence-corrected chi connectivity index (χ0v) is 16.2. The molecule has 0 aliphatic carbocycles. The van der Waals surface area contributed by atoms with Crippen molar-refractivity contribution in [2.45, 2.75) is 31.6 Å². The summed E-state index contributed by atoms with van der Waals surface area (Å²) < 4.78 is 19.0. The SMILES string of the molecule is Nc1ccccc1OCCCC(=O)N1CCC(c2nc3ccc(F)cc3[nH]2)CC1. The quantitative estimate of drug-likeness (QED) is 0.490. The molecule has 29 heavy (non-hydrogen) atoms. The van der Waals surface area contributed by atoms with E-state index in [1.54, 1.807) is 12.1 Å². The number of ether oxygens (including phenoxy) is 1. The molecule has 4 rings (SSSR count). The predicted octanol–water partition coefficient (Wildman–Crippen LogP) is 3.85. The van der Waals surface area contributed by atoms with Crippen molar-refractivity contribution in [2.24, 2.45) is 0 Å². The van der Waals surface area contributed by atoms with Gasteiger partial charge in [-0.2, -0.15) is 0 Å². The molecule has 1 amide bonds. The summed E-state index contributed by atoms with van der Waals surface area (Å²) in [6.07, 6.45) is 2.82. The number of likely N-dealkylation sites (tertiary alicyclic amines) is 1. The van der Waals surface area contributed by atoms with E-state index in [0.717, 1.165) is 29.7 Å². The van der Waals surface area contributed by atoms with Gasteiger partial charge in [0.2, 0.25) is 5.91 Å². The summed E-state index contributed by atoms with van der Waals surface area (Å²) in [5.74, 6) is 1.68. The van der Waals surface area contributed by atoms with Crippen LogP contribution in [-0.2, 0) is 4.79 Å². The van der Waals surface area contributed by atoms with Crippen LogP contribution in [0.4, 0.5) is 10.1 Å². The van der Waals surface area contributed by atoms with Crippen LogP contribution in [-0.4, -0.2) is 40.5 Å². The van der Waals surface area contributed by atoms with Crippen molar-refractivity contribution >= 4 is 22.6 Å². The minimum Gasteiger partial charge on any atom is -0.491 e. The number of aromatic amines is 1. The van der Waals surface area contributed by atoms with Gasteiger partial charge in [-0.05, 0) is 49.6 Å². The van der Waals surface area contributed by atoms with Crippen molar-refractivity contribution in [1.82, 2.24) is 14.9 Å². The van der Waals surface area contributed by atoms with Crippen LogP contribution in [0.25, 0.3) is 11.0 Å². The van der Waals surface area contributed by atoms with Gasteiger partial charge in [0, 0.05) is 25.4 Å². The number of nitrogens with one attached hydrogen (secondary N) is 1. The highest BCUT2D eigenvalue weighted by Crippen LogP contribution is 2.28. The molecule has 0 bridgehead atoms. The second-order valence-electron chi connectivity index (χ2n) is 7.43. The number of nitrogens with zero attached hydrogens (tertiary/aromatic N) is 2. The van der Waals surface area contributed by atoms with Gasteiger partial charge in [-0.3, -0.25) is 4.79 Å². The van der Waals surface area contributed by atoms with Gasteiger partial charge >= 0.3 is 0 Å². The number of rotatable bonds is 6. The lowest BCUT2D eigenvalue weighted by Gasteiger charge is -2.31. The van der Waals surface area contributed by atoms with Crippen LogP contribution in [0.3, 0.4) is 0 Å². The number of hydrogen-bond acceptors (Lipinski definition) is 4. The maximum absolute atomic E-state index is 13.4. The zero-order valence-electron chi connectivity index (χ0n) is 16.2. The number of nitrogen functional groups attached to an aromatic ring is 1. The number of carbonyl (C=O) groups excluding carboxylic acids is 1. The standard InChI is InChI=1S/C22H25FN4O2/c23-16-7-8-18-19(14-16)26-22(25-18)15-9-11-27(12-10-15)21(28)6-3-13-29-20-5-2-1-4-17(20)24/h1-2,4-5,7-8,14-15H,3,6,9-13,24H2,(H,25,26). The van der Waals surface area contributed by atoms with Crippen LogP contribution in [0.5, 0.6) is 5.75 Å². The van der Waals surface area contributed by atoms with E-state index in [-0.39, 0.29) is 17.6 Å². The van der Waals surface area contributed by atoms with Gasteiger partial charge in [-0.1, -0.05) is 12.1 Å². The second-order valence-corrected chi connectivity index (χ2v) is 7.43. The molecule has 0 spiro atoms. The molecule has 0 unspecified atom stereocenters.